The van der Waals surface area contributed by atoms with Crippen molar-refractivity contribution in [2.75, 3.05) is 18.4 Å². The number of halogens is 1. The SMILES string of the molecule is CC(C)Cc1cc(C(=O)N2CCC[C@@H](Nc3cccc(F)c3)C2)n[nH]1. The van der Waals surface area contributed by atoms with E-state index in [4.69, 9.17) is 0 Å². The summed E-state index contributed by atoms with van der Waals surface area (Å²) in [5.41, 5.74) is 2.21. The Balaban J connectivity index is 1.62. The number of benzene rings is 1. The Morgan fingerprint density at radius 1 is 1.44 bits per heavy atom. The summed E-state index contributed by atoms with van der Waals surface area (Å²) >= 11 is 0. The van der Waals surface area contributed by atoms with Crippen LogP contribution in [0, 0.1) is 11.7 Å². The molecule has 1 saturated heterocycles. The number of carbonyl (C=O) groups is 1. The van der Waals surface area contributed by atoms with E-state index in [9.17, 15) is 9.18 Å². The van der Waals surface area contributed by atoms with Gasteiger partial charge in [-0.2, -0.15) is 5.10 Å². The molecule has 0 radical (unpaired) electrons. The third kappa shape index (κ3) is 4.59. The number of nitrogens with one attached hydrogen (secondary N) is 2. The molecule has 3 rings (SSSR count). The van der Waals surface area contributed by atoms with Crippen LogP contribution in [0.2, 0.25) is 0 Å². The standard InChI is InChI=1S/C19H25FN4O/c1-13(2)9-17-11-18(23-22-17)19(25)24-8-4-7-16(12-24)21-15-6-3-5-14(20)10-15/h3,5-6,10-11,13,16,21H,4,7-9,12H2,1-2H3,(H,22,23)/t16-/m1/s1. The van der Waals surface area contributed by atoms with Crippen LogP contribution in [-0.2, 0) is 6.42 Å². The summed E-state index contributed by atoms with van der Waals surface area (Å²) in [6, 6.07) is 8.40. The molecule has 1 aromatic heterocycles. The van der Waals surface area contributed by atoms with E-state index in [0.29, 0.717) is 18.2 Å². The van der Waals surface area contributed by atoms with Gasteiger partial charge in [0.25, 0.3) is 5.91 Å². The molecule has 0 spiro atoms. The van der Waals surface area contributed by atoms with Gasteiger partial charge < -0.3 is 10.2 Å². The normalized spacial score (nSPS) is 17.8. The lowest BCUT2D eigenvalue weighted by Crippen LogP contribution is -2.45. The molecule has 1 aliphatic rings. The molecule has 0 aliphatic carbocycles. The highest BCUT2D eigenvalue weighted by molar-refractivity contribution is 5.92. The summed E-state index contributed by atoms with van der Waals surface area (Å²) in [7, 11) is 0. The zero-order chi connectivity index (χ0) is 17.8. The van der Waals surface area contributed by atoms with Gasteiger partial charge in [-0.25, -0.2) is 4.39 Å². The van der Waals surface area contributed by atoms with Crippen molar-refractivity contribution >= 4 is 11.6 Å². The number of likely N-dealkylation sites (tertiary alicyclic amines) is 1. The van der Waals surface area contributed by atoms with Crippen LogP contribution in [-0.4, -0.2) is 40.1 Å². The number of aromatic amines is 1. The highest BCUT2D eigenvalue weighted by Gasteiger charge is 2.26. The van der Waals surface area contributed by atoms with E-state index < -0.39 is 0 Å². The third-order valence-electron chi connectivity index (χ3n) is 4.38. The number of hydrogen-bond acceptors (Lipinski definition) is 3. The fourth-order valence-corrected chi connectivity index (χ4v) is 3.27. The maximum atomic E-state index is 13.3. The first kappa shape index (κ1) is 17.5. The topological polar surface area (TPSA) is 61.0 Å². The van der Waals surface area contributed by atoms with Gasteiger partial charge in [-0.05, 0) is 49.4 Å². The smallest absolute Gasteiger partial charge is 0.274 e. The Labute approximate surface area is 147 Å². The Bertz CT molecular complexity index is 728. The van der Waals surface area contributed by atoms with Crippen LogP contribution in [0.3, 0.4) is 0 Å². The fraction of sp³-hybridized carbons (Fsp3) is 0.474. The van der Waals surface area contributed by atoms with Gasteiger partial charge in [-0.15, -0.1) is 0 Å². The highest BCUT2D eigenvalue weighted by Crippen LogP contribution is 2.19. The van der Waals surface area contributed by atoms with Crippen LogP contribution in [0.4, 0.5) is 10.1 Å². The minimum absolute atomic E-state index is 0.0444. The minimum atomic E-state index is -0.261. The average molecular weight is 344 g/mol. The molecule has 0 bridgehead atoms. The number of piperidine rings is 1. The van der Waals surface area contributed by atoms with E-state index in [1.54, 1.807) is 6.07 Å². The summed E-state index contributed by atoms with van der Waals surface area (Å²) in [6.45, 7) is 5.60. The van der Waals surface area contributed by atoms with Crippen molar-refractivity contribution in [3.8, 4) is 0 Å². The van der Waals surface area contributed by atoms with Crippen molar-refractivity contribution in [2.45, 2.75) is 39.2 Å². The van der Waals surface area contributed by atoms with E-state index in [0.717, 1.165) is 37.2 Å². The second-order valence-corrected chi connectivity index (χ2v) is 7.12. The highest BCUT2D eigenvalue weighted by atomic mass is 19.1. The second kappa shape index (κ2) is 7.68. The van der Waals surface area contributed by atoms with Crippen molar-refractivity contribution in [1.82, 2.24) is 15.1 Å². The first-order valence-electron chi connectivity index (χ1n) is 8.87. The van der Waals surface area contributed by atoms with Crippen molar-refractivity contribution in [2.24, 2.45) is 5.92 Å². The molecule has 5 nitrogen and oxygen atoms in total. The summed E-state index contributed by atoms with van der Waals surface area (Å²) in [5, 5.41) is 10.5. The monoisotopic (exact) mass is 344 g/mol. The van der Waals surface area contributed by atoms with E-state index in [-0.39, 0.29) is 17.8 Å². The fourth-order valence-electron chi connectivity index (χ4n) is 3.27. The Morgan fingerprint density at radius 2 is 2.28 bits per heavy atom. The Kier molecular flexibility index (Phi) is 5.36. The Hall–Kier alpha value is -2.37. The lowest BCUT2D eigenvalue weighted by molar-refractivity contribution is 0.0709. The van der Waals surface area contributed by atoms with Gasteiger partial charge in [0.15, 0.2) is 0 Å². The predicted molar refractivity (Wildman–Crippen MR) is 96.1 cm³/mol. The number of amides is 1. The molecule has 1 fully saturated rings. The number of hydrogen-bond donors (Lipinski definition) is 2. The molecule has 1 aliphatic heterocycles. The molecule has 134 valence electrons. The molecule has 2 N–H and O–H groups in total. The number of rotatable bonds is 5. The van der Waals surface area contributed by atoms with Gasteiger partial charge in [0, 0.05) is 30.5 Å². The van der Waals surface area contributed by atoms with Gasteiger partial charge in [-0.1, -0.05) is 19.9 Å². The number of nitrogens with zero attached hydrogens (tertiary/aromatic N) is 2. The number of carbonyl (C=O) groups excluding carboxylic acids is 1. The van der Waals surface area contributed by atoms with E-state index in [1.807, 2.05) is 17.0 Å². The number of aromatic nitrogens is 2. The maximum absolute atomic E-state index is 13.3. The quantitative estimate of drug-likeness (QED) is 0.873. The minimum Gasteiger partial charge on any atom is -0.380 e. The molecule has 6 heteroatoms. The van der Waals surface area contributed by atoms with Crippen molar-refractivity contribution in [3.05, 3.63) is 47.5 Å². The van der Waals surface area contributed by atoms with Crippen molar-refractivity contribution < 1.29 is 9.18 Å². The molecule has 0 unspecified atom stereocenters. The average Bonchev–Trinajstić information content (AvgIpc) is 3.02. The summed E-state index contributed by atoms with van der Waals surface area (Å²) < 4.78 is 13.3. The van der Waals surface area contributed by atoms with Gasteiger partial charge >= 0.3 is 0 Å². The van der Waals surface area contributed by atoms with E-state index in [1.165, 1.54) is 12.1 Å². The zero-order valence-corrected chi connectivity index (χ0v) is 14.8. The van der Waals surface area contributed by atoms with Crippen LogP contribution in [0.5, 0.6) is 0 Å². The predicted octanol–water partition coefficient (Wildman–Crippen LogP) is 3.46. The molecule has 1 amide bonds. The van der Waals surface area contributed by atoms with Gasteiger partial charge in [0.05, 0.1) is 0 Å². The molecule has 2 heterocycles. The Morgan fingerprint density at radius 3 is 3.04 bits per heavy atom. The van der Waals surface area contributed by atoms with Crippen LogP contribution in [0.15, 0.2) is 30.3 Å². The first-order chi connectivity index (χ1) is 12.0. The van der Waals surface area contributed by atoms with Crippen LogP contribution in [0.25, 0.3) is 0 Å². The molecule has 1 atom stereocenters. The molecule has 1 aromatic carbocycles. The lowest BCUT2D eigenvalue weighted by atomic mass is 10.0. The molecular weight excluding hydrogens is 319 g/mol. The van der Waals surface area contributed by atoms with Crippen molar-refractivity contribution in [1.29, 1.82) is 0 Å². The number of H-pyrrole nitrogens is 1. The molecule has 2 aromatic rings. The molecule has 25 heavy (non-hydrogen) atoms. The molecular formula is C19H25FN4O. The van der Waals surface area contributed by atoms with Gasteiger partial charge in [-0.3, -0.25) is 9.89 Å². The molecule has 0 saturated carbocycles. The lowest BCUT2D eigenvalue weighted by Gasteiger charge is -2.33. The first-order valence-corrected chi connectivity index (χ1v) is 8.87. The maximum Gasteiger partial charge on any atom is 0.274 e. The zero-order valence-electron chi connectivity index (χ0n) is 14.8. The van der Waals surface area contributed by atoms with E-state index in [2.05, 4.69) is 29.4 Å². The second-order valence-electron chi connectivity index (χ2n) is 7.12. The summed E-state index contributed by atoms with van der Waals surface area (Å²) in [4.78, 5) is 14.5. The summed E-state index contributed by atoms with van der Waals surface area (Å²) in [5.74, 6) is 0.207. The third-order valence-corrected chi connectivity index (χ3v) is 4.38. The van der Waals surface area contributed by atoms with E-state index >= 15 is 0 Å². The van der Waals surface area contributed by atoms with Crippen LogP contribution >= 0.6 is 0 Å². The van der Waals surface area contributed by atoms with Crippen LogP contribution in [0.1, 0.15) is 42.9 Å². The number of anilines is 1. The largest absolute Gasteiger partial charge is 0.380 e. The van der Waals surface area contributed by atoms with Gasteiger partial charge in [0.2, 0.25) is 0 Å². The van der Waals surface area contributed by atoms with Crippen LogP contribution < -0.4 is 5.32 Å². The van der Waals surface area contributed by atoms with Crippen molar-refractivity contribution in [3.63, 3.8) is 0 Å². The summed E-state index contributed by atoms with van der Waals surface area (Å²) in [6.07, 6.45) is 2.76. The van der Waals surface area contributed by atoms with Gasteiger partial charge in [0.1, 0.15) is 11.5 Å².